The Bertz CT molecular complexity index is 732. The lowest BCUT2D eigenvalue weighted by molar-refractivity contribution is 0.519. The van der Waals surface area contributed by atoms with Gasteiger partial charge in [0.1, 0.15) is 10.7 Å². The largest absolute Gasteiger partial charge is 0.340 e. The summed E-state index contributed by atoms with van der Waals surface area (Å²) >= 11 is 0. The fourth-order valence-corrected chi connectivity index (χ4v) is 3.35. The Balaban J connectivity index is 2.83. The van der Waals surface area contributed by atoms with Crippen LogP contribution in [0.25, 0.3) is 11.2 Å². The van der Waals surface area contributed by atoms with Crippen molar-refractivity contribution in [1.82, 2.24) is 19.3 Å². The van der Waals surface area contributed by atoms with Crippen molar-refractivity contribution in [2.45, 2.75) is 32.1 Å². The SMILES string of the molecule is CCc1nc2nc(C)c(S(=O)(=O)N(C)C)c(C)c2[nH]1. The first kappa shape index (κ1) is 14.0. The van der Waals surface area contributed by atoms with Gasteiger partial charge in [-0.2, -0.15) is 0 Å². The molecule has 6 nitrogen and oxygen atoms in total. The maximum Gasteiger partial charge on any atom is 0.244 e. The average molecular weight is 282 g/mol. The zero-order valence-corrected chi connectivity index (χ0v) is 12.6. The summed E-state index contributed by atoms with van der Waals surface area (Å²) in [6, 6.07) is 0. The van der Waals surface area contributed by atoms with Gasteiger partial charge < -0.3 is 4.98 Å². The molecule has 0 atom stereocenters. The molecule has 0 aliphatic carbocycles. The number of fused-ring (bicyclic) bond motifs is 1. The number of pyridine rings is 1. The highest BCUT2D eigenvalue weighted by Crippen LogP contribution is 2.26. The zero-order chi connectivity index (χ0) is 14.4. The standard InChI is InChI=1S/C12H18N4O2S/c1-6-9-14-10-7(2)11(19(17,18)16(4)5)8(3)13-12(10)15-9/h6H2,1-5H3,(H,13,14,15). The molecule has 0 radical (unpaired) electrons. The molecule has 2 aromatic rings. The molecule has 2 rings (SSSR count). The second kappa shape index (κ2) is 4.57. The van der Waals surface area contributed by atoms with Crippen molar-refractivity contribution < 1.29 is 8.42 Å². The quantitative estimate of drug-likeness (QED) is 0.922. The minimum atomic E-state index is -3.50. The molecule has 104 valence electrons. The van der Waals surface area contributed by atoms with Crippen LogP contribution in [0.3, 0.4) is 0 Å². The van der Waals surface area contributed by atoms with E-state index in [1.54, 1.807) is 13.8 Å². The van der Waals surface area contributed by atoms with Crippen LogP contribution in [0.5, 0.6) is 0 Å². The number of H-pyrrole nitrogens is 1. The lowest BCUT2D eigenvalue weighted by atomic mass is 10.2. The molecule has 0 spiro atoms. The van der Waals surface area contributed by atoms with Crippen LogP contribution < -0.4 is 0 Å². The van der Waals surface area contributed by atoms with E-state index in [0.29, 0.717) is 22.4 Å². The zero-order valence-electron chi connectivity index (χ0n) is 11.8. The molecule has 0 fully saturated rings. The van der Waals surface area contributed by atoms with Crippen molar-refractivity contribution in [3.8, 4) is 0 Å². The molecule has 0 aliphatic rings. The third kappa shape index (κ3) is 2.12. The van der Waals surface area contributed by atoms with Crippen LogP contribution in [0.4, 0.5) is 0 Å². The van der Waals surface area contributed by atoms with Crippen molar-refractivity contribution in [1.29, 1.82) is 0 Å². The summed E-state index contributed by atoms with van der Waals surface area (Å²) in [7, 11) is -0.471. The summed E-state index contributed by atoms with van der Waals surface area (Å²) in [6.07, 6.45) is 0.755. The average Bonchev–Trinajstić information content (AvgIpc) is 2.71. The topological polar surface area (TPSA) is 79.0 Å². The van der Waals surface area contributed by atoms with Gasteiger partial charge in [0.25, 0.3) is 0 Å². The number of hydrogen-bond acceptors (Lipinski definition) is 4. The lowest BCUT2D eigenvalue weighted by Gasteiger charge is -2.15. The number of imidazole rings is 1. The van der Waals surface area contributed by atoms with Crippen molar-refractivity contribution in [3.05, 3.63) is 17.1 Å². The van der Waals surface area contributed by atoms with Gasteiger partial charge in [-0.25, -0.2) is 22.7 Å². The van der Waals surface area contributed by atoms with Gasteiger partial charge in [-0.1, -0.05) is 6.92 Å². The van der Waals surface area contributed by atoms with Gasteiger partial charge in [-0.05, 0) is 19.4 Å². The number of hydrogen-bond donors (Lipinski definition) is 1. The minimum absolute atomic E-state index is 0.260. The van der Waals surface area contributed by atoms with Crippen LogP contribution in [-0.4, -0.2) is 41.8 Å². The molecule has 0 aliphatic heterocycles. The summed E-state index contributed by atoms with van der Waals surface area (Å²) in [4.78, 5) is 12.0. The Kier molecular flexibility index (Phi) is 3.36. The van der Waals surface area contributed by atoms with E-state index in [9.17, 15) is 8.42 Å². The smallest absolute Gasteiger partial charge is 0.244 e. The van der Waals surface area contributed by atoms with Crippen molar-refractivity contribution in [3.63, 3.8) is 0 Å². The Morgan fingerprint density at radius 3 is 2.37 bits per heavy atom. The third-order valence-electron chi connectivity index (χ3n) is 3.13. The van der Waals surface area contributed by atoms with E-state index >= 15 is 0 Å². The van der Waals surface area contributed by atoms with E-state index in [4.69, 9.17) is 0 Å². The van der Waals surface area contributed by atoms with Crippen molar-refractivity contribution in [2.75, 3.05) is 14.1 Å². The molecule has 2 aromatic heterocycles. The third-order valence-corrected chi connectivity index (χ3v) is 5.20. The highest BCUT2D eigenvalue weighted by atomic mass is 32.2. The normalized spacial score (nSPS) is 12.5. The molecular weight excluding hydrogens is 264 g/mol. The molecule has 0 unspecified atom stereocenters. The maximum atomic E-state index is 12.3. The Labute approximate surface area is 112 Å². The van der Waals surface area contributed by atoms with Crippen LogP contribution >= 0.6 is 0 Å². The number of aryl methyl sites for hydroxylation is 3. The number of sulfonamides is 1. The predicted octanol–water partition coefficient (Wildman–Crippen LogP) is 1.39. The van der Waals surface area contributed by atoms with Crippen molar-refractivity contribution >= 4 is 21.2 Å². The van der Waals surface area contributed by atoms with Crippen LogP contribution in [-0.2, 0) is 16.4 Å². The first-order valence-corrected chi connectivity index (χ1v) is 7.51. The fraction of sp³-hybridized carbons (Fsp3) is 0.500. The van der Waals surface area contributed by atoms with E-state index < -0.39 is 10.0 Å². The van der Waals surface area contributed by atoms with Crippen molar-refractivity contribution in [2.24, 2.45) is 0 Å². The minimum Gasteiger partial charge on any atom is -0.340 e. The van der Waals surface area contributed by atoms with Crippen LogP contribution in [0, 0.1) is 13.8 Å². The van der Waals surface area contributed by atoms with E-state index in [2.05, 4.69) is 15.0 Å². The van der Waals surface area contributed by atoms with E-state index in [-0.39, 0.29) is 4.90 Å². The molecule has 0 aromatic carbocycles. The predicted molar refractivity (Wildman–Crippen MR) is 73.6 cm³/mol. The monoisotopic (exact) mass is 282 g/mol. The number of nitrogens with one attached hydrogen (secondary N) is 1. The number of rotatable bonds is 3. The first-order chi connectivity index (χ1) is 8.78. The van der Waals surface area contributed by atoms with Crippen LogP contribution in [0.15, 0.2) is 4.90 Å². The Morgan fingerprint density at radius 2 is 1.84 bits per heavy atom. The molecule has 0 saturated heterocycles. The second-order valence-electron chi connectivity index (χ2n) is 4.67. The molecule has 0 saturated carbocycles. The first-order valence-electron chi connectivity index (χ1n) is 6.07. The summed E-state index contributed by atoms with van der Waals surface area (Å²) in [5.74, 6) is 0.810. The summed E-state index contributed by atoms with van der Waals surface area (Å²) in [5, 5.41) is 0. The molecule has 2 heterocycles. The summed E-state index contributed by atoms with van der Waals surface area (Å²) in [5.41, 5.74) is 2.42. The van der Waals surface area contributed by atoms with E-state index in [1.807, 2.05) is 6.92 Å². The van der Waals surface area contributed by atoms with E-state index in [1.165, 1.54) is 18.4 Å². The van der Waals surface area contributed by atoms with Gasteiger partial charge in [0.2, 0.25) is 10.0 Å². The molecule has 19 heavy (non-hydrogen) atoms. The van der Waals surface area contributed by atoms with Gasteiger partial charge in [0.05, 0.1) is 11.2 Å². The Hall–Kier alpha value is -1.47. The second-order valence-corrected chi connectivity index (χ2v) is 6.76. The summed E-state index contributed by atoms with van der Waals surface area (Å²) < 4.78 is 25.9. The highest BCUT2D eigenvalue weighted by Gasteiger charge is 2.25. The van der Waals surface area contributed by atoms with Gasteiger partial charge in [-0.3, -0.25) is 0 Å². The number of aromatic nitrogens is 3. The number of nitrogens with zero attached hydrogens (tertiary/aromatic N) is 3. The molecule has 7 heteroatoms. The van der Waals surface area contributed by atoms with Gasteiger partial charge in [0, 0.05) is 20.5 Å². The van der Waals surface area contributed by atoms with Crippen LogP contribution in [0.2, 0.25) is 0 Å². The highest BCUT2D eigenvalue weighted by molar-refractivity contribution is 7.89. The van der Waals surface area contributed by atoms with Gasteiger partial charge in [0.15, 0.2) is 5.65 Å². The van der Waals surface area contributed by atoms with E-state index in [0.717, 1.165) is 12.2 Å². The van der Waals surface area contributed by atoms with Gasteiger partial charge >= 0.3 is 0 Å². The maximum absolute atomic E-state index is 12.3. The molecule has 1 N–H and O–H groups in total. The summed E-state index contributed by atoms with van der Waals surface area (Å²) in [6.45, 7) is 5.46. The molecule has 0 amide bonds. The van der Waals surface area contributed by atoms with Gasteiger partial charge in [-0.15, -0.1) is 0 Å². The lowest BCUT2D eigenvalue weighted by Crippen LogP contribution is -2.24. The fourth-order valence-electron chi connectivity index (χ4n) is 2.08. The Morgan fingerprint density at radius 1 is 1.21 bits per heavy atom. The van der Waals surface area contributed by atoms with Crippen LogP contribution in [0.1, 0.15) is 24.0 Å². The molecule has 0 bridgehead atoms. The molecular formula is C12H18N4O2S. The number of aromatic amines is 1.